The van der Waals surface area contributed by atoms with E-state index >= 15 is 0 Å². The van der Waals surface area contributed by atoms with Crippen LogP contribution in [0.25, 0.3) is 0 Å². The molecule has 1 aliphatic rings. The van der Waals surface area contributed by atoms with Gasteiger partial charge in [-0.3, -0.25) is 4.79 Å². The normalized spacial score (nSPS) is 27.6. The van der Waals surface area contributed by atoms with Crippen LogP contribution in [0.4, 0.5) is 13.2 Å². The van der Waals surface area contributed by atoms with Gasteiger partial charge in [0.1, 0.15) is 6.29 Å². The fraction of sp³-hybridized carbons (Fsp3) is 0.700. The minimum absolute atomic E-state index is 0.138. The topological polar surface area (TPSA) is 55.6 Å². The van der Waals surface area contributed by atoms with E-state index in [1.54, 1.807) is 6.92 Å². The van der Waals surface area contributed by atoms with Crippen LogP contribution in [0.15, 0.2) is 11.8 Å². The van der Waals surface area contributed by atoms with E-state index < -0.39 is 18.4 Å². The van der Waals surface area contributed by atoms with Crippen molar-refractivity contribution >= 4 is 6.29 Å². The van der Waals surface area contributed by atoms with Gasteiger partial charge in [0.15, 0.2) is 6.10 Å². The summed E-state index contributed by atoms with van der Waals surface area (Å²) in [5.41, 5.74) is 5.60. The Bertz CT molecular complexity index is 288. The molecule has 1 heterocycles. The molecule has 3 atom stereocenters. The van der Waals surface area contributed by atoms with Gasteiger partial charge in [-0.15, -0.1) is 0 Å². The Balaban J connectivity index is 2.30. The number of rotatable bonds is 5. The maximum absolute atomic E-state index is 12.1. The fourth-order valence-electron chi connectivity index (χ4n) is 1.55. The second-order valence-corrected chi connectivity index (χ2v) is 3.90. The highest BCUT2D eigenvalue weighted by atomic mass is 19.4. The Morgan fingerprint density at radius 2 is 2.19 bits per heavy atom. The van der Waals surface area contributed by atoms with E-state index in [1.807, 2.05) is 0 Å². The first-order chi connectivity index (χ1) is 7.40. The second kappa shape index (κ2) is 4.86. The summed E-state index contributed by atoms with van der Waals surface area (Å²) >= 11 is 0. The molecule has 3 unspecified atom stereocenters. The summed E-state index contributed by atoms with van der Waals surface area (Å²) in [7, 11) is 0. The van der Waals surface area contributed by atoms with Crippen molar-refractivity contribution in [1.82, 2.24) is 0 Å². The van der Waals surface area contributed by atoms with Crippen LogP contribution in [0.5, 0.6) is 0 Å². The van der Waals surface area contributed by atoms with Gasteiger partial charge in [0.2, 0.25) is 0 Å². The predicted molar refractivity (Wildman–Crippen MR) is 51.4 cm³/mol. The third-order valence-electron chi connectivity index (χ3n) is 2.69. The van der Waals surface area contributed by atoms with Crippen molar-refractivity contribution in [3.8, 4) is 0 Å². The van der Waals surface area contributed by atoms with Gasteiger partial charge in [0.25, 0.3) is 0 Å². The molecule has 0 spiro atoms. The second-order valence-electron chi connectivity index (χ2n) is 3.90. The molecule has 0 aliphatic carbocycles. The quantitative estimate of drug-likeness (QED) is 0.450. The lowest BCUT2D eigenvalue weighted by molar-refractivity contribution is -0.146. The highest BCUT2D eigenvalue weighted by Gasteiger charge is 2.57. The number of epoxide rings is 1. The Hall–Kier alpha value is -1.04. The summed E-state index contributed by atoms with van der Waals surface area (Å²) < 4.78 is 40.8. The van der Waals surface area contributed by atoms with Crippen molar-refractivity contribution < 1.29 is 22.7 Å². The van der Waals surface area contributed by atoms with E-state index in [-0.39, 0.29) is 12.3 Å². The van der Waals surface area contributed by atoms with E-state index in [0.717, 1.165) is 0 Å². The number of nitrogens with two attached hydrogens (primary N) is 1. The highest BCUT2D eigenvalue weighted by molar-refractivity contribution is 5.73. The van der Waals surface area contributed by atoms with Gasteiger partial charge < -0.3 is 10.5 Å². The average Bonchev–Trinajstić information content (AvgIpc) is 2.95. The molecule has 92 valence electrons. The third-order valence-corrected chi connectivity index (χ3v) is 2.69. The van der Waals surface area contributed by atoms with E-state index in [4.69, 9.17) is 5.73 Å². The summed E-state index contributed by atoms with van der Waals surface area (Å²) in [6.45, 7) is 1.75. The lowest BCUT2D eigenvalue weighted by atomic mass is 9.96. The largest absolute Gasteiger partial charge is 0.417 e. The molecular weight excluding hydrogens is 223 g/mol. The zero-order valence-corrected chi connectivity index (χ0v) is 8.83. The van der Waals surface area contributed by atoms with Gasteiger partial charge >= 0.3 is 6.18 Å². The van der Waals surface area contributed by atoms with Crippen molar-refractivity contribution in [2.75, 3.05) is 0 Å². The minimum Gasteiger partial charge on any atom is -0.404 e. The van der Waals surface area contributed by atoms with Crippen molar-refractivity contribution in [3.63, 3.8) is 0 Å². The molecule has 2 N–H and O–H groups in total. The van der Waals surface area contributed by atoms with E-state index in [0.29, 0.717) is 18.3 Å². The van der Waals surface area contributed by atoms with E-state index in [1.165, 1.54) is 6.20 Å². The molecule has 1 rings (SSSR count). The summed E-state index contributed by atoms with van der Waals surface area (Å²) in [5.74, 6) is -0.138. The third kappa shape index (κ3) is 3.23. The van der Waals surface area contributed by atoms with Gasteiger partial charge in [-0.25, -0.2) is 0 Å². The maximum atomic E-state index is 12.1. The number of halogens is 3. The van der Waals surface area contributed by atoms with Crippen molar-refractivity contribution in [1.29, 1.82) is 0 Å². The van der Waals surface area contributed by atoms with Crippen LogP contribution in [0.1, 0.15) is 19.8 Å². The Morgan fingerprint density at radius 1 is 1.56 bits per heavy atom. The lowest BCUT2D eigenvalue weighted by Gasteiger charge is -2.09. The standard InChI is InChI=1S/C10H14F3NO2/c1-6(7(4-14)5-15)2-3-8-9(16-8)10(11,12)13/h4-6,8-9H,2-3,14H2,1H3/b7-4+. The smallest absolute Gasteiger partial charge is 0.404 e. The molecule has 0 aromatic heterocycles. The minimum atomic E-state index is -4.27. The van der Waals surface area contributed by atoms with Crippen LogP contribution < -0.4 is 5.73 Å². The zero-order valence-electron chi connectivity index (χ0n) is 8.83. The van der Waals surface area contributed by atoms with Crippen LogP contribution >= 0.6 is 0 Å². The number of ether oxygens (including phenoxy) is 1. The van der Waals surface area contributed by atoms with Gasteiger partial charge in [0, 0.05) is 11.8 Å². The first-order valence-corrected chi connectivity index (χ1v) is 4.99. The fourth-order valence-corrected chi connectivity index (χ4v) is 1.55. The Labute approximate surface area is 91.4 Å². The number of allylic oxidation sites excluding steroid dienone is 1. The molecule has 1 aliphatic heterocycles. The summed E-state index contributed by atoms with van der Waals surface area (Å²) in [6, 6.07) is 0. The summed E-state index contributed by atoms with van der Waals surface area (Å²) in [5, 5.41) is 0. The van der Waals surface area contributed by atoms with Crippen LogP contribution in [0.2, 0.25) is 0 Å². The van der Waals surface area contributed by atoms with E-state index in [2.05, 4.69) is 4.74 Å². The predicted octanol–water partition coefficient (Wildman–Crippen LogP) is 1.77. The monoisotopic (exact) mass is 237 g/mol. The maximum Gasteiger partial charge on any atom is 0.417 e. The zero-order chi connectivity index (χ0) is 12.3. The molecule has 1 fully saturated rings. The first kappa shape index (κ1) is 13.0. The average molecular weight is 237 g/mol. The van der Waals surface area contributed by atoms with Crippen LogP contribution in [0.3, 0.4) is 0 Å². The molecule has 3 nitrogen and oxygen atoms in total. The van der Waals surface area contributed by atoms with Crippen LogP contribution in [-0.4, -0.2) is 24.7 Å². The SMILES string of the molecule is CC(CCC1OC1C(F)(F)F)/C(C=O)=C/N. The molecule has 0 bridgehead atoms. The van der Waals surface area contributed by atoms with Gasteiger partial charge in [0.05, 0.1) is 6.10 Å². The van der Waals surface area contributed by atoms with Crippen LogP contribution in [0, 0.1) is 5.92 Å². The van der Waals surface area contributed by atoms with Crippen molar-refractivity contribution in [2.24, 2.45) is 11.7 Å². The number of alkyl halides is 3. The number of carbonyl (C=O) groups excluding carboxylic acids is 1. The van der Waals surface area contributed by atoms with Gasteiger partial charge in [-0.05, 0) is 18.8 Å². The molecular formula is C10H14F3NO2. The number of carbonyl (C=O) groups is 1. The van der Waals surface area contributed by atoms with Gasteiger partial charge in [-0.2, -0.15) is 13.2 Å². The molecule has 16 heavy (non-hydrogen) atoms. The van der Waals surface area contributed by atoms with Gasteiger partial charge in [-0.1, -0.05) is 6.92 Å². The summed E-state index contributed by atoms with van der Waals surface area (Å²) in [4.78, 5) is 10.5. The molecule has 6 heteroatoms. The molecule has 0 aromatic rings. The number of hydrogen-bond acceptors (Lipinski definition) is 3. The Morgan fingerprint density at radius 3 is 2.56 bits per heavy atom. The first-order valence-electron chi connectivity index (χ1n) is 4.99. The molecule has 1 saturated heterocycles. The lowest BCUT2D eigenvalue weighted by Crippen LogP contribution is -2.19. The van der Waals surface area contributed by atoms with E-state index in [9.17, 15) is 18.0 Å². The summed E-state index contributed by atoms with van der Waals surface area (Å²) in [6.07, 6.45) is -4.10. The van der Waals surface area contributed by atoms with Crippen molar-refractivity contribution in [2.45, 2.75) is 38.1 Å². The Kier molecular flexibility index (Phi) is 3.96. The van der Waals surface area contributed by atoms with Crippen LogP contribution in [-0.2, 0) is 9.53 Å². The molecule has 0 saturated carbocycles. The number of hydrogen-bond donors (Lipinski definition) is 1. The molecule has 0 radical (unpaired) electrons. The van der Waals surface area contributed by atoms with Crippen molar-refractivity contribution in [3.05, 3.63) is 11.8 Å². The number of aldehydes is 1. The highest BCUT2D eigenvalue weighted by Crippen LogP contribution is 2.40. The molecule has 0 amide bonds. The molecule has 0 aromatic carbocycles.